The van der Waals surface area contributed by atoms with Crippen LogP contribution in [0.5, 0.6) is 0 Å². The molecule has 1 aliphatic carbocycles. The summed E-state index contributed by atoms with van der Waals surface area (Å²) in [6, 6.07) is 14.3. The number of pyridine rings is 2. The van der Waals surface area contributed by atoms with E-state index in [0.29, 0.717) is 28.7 Å². The van der Waals surface area contributed by atoms with Gasteiger partial charge in [-0.1, -0.05) is 18.2 Å². The first-order valence-electron chi connectivity index (χ1n) is 12.6. The first-order valence-corrected chi connectivity index (χ1v) is 12.6. The van der Waals surface area contributed by atoms with Crippen molar-refractivity contribution in [1.29, 1.82) is 0 Å². The fourth-order valence-electron chi connectivity index (χ4n) is 4.10. The number of ether oxygens (including phenoxy) is 1. The van der Waals surface area contributed by atoms with Gasteiger partial charge in [-0.3, -0.25) is 19.3 Å². The monoisotopic (exact) mass is 510 g/mol. The molecule has 1 saturated carbocycles. The van der Waals surface area contributed by atoms with Crippen LogP contribution in [-0.2, 0) is 9.53 Å². The Kier molecular flexibility index (Phi) is 6.75. The number of esters is 1. The van der Waals surface area contributed by atoms with E-state index >= 15 is 0 Å². The molecule has 1 aliphatic rings. The average molecular weight is 511 g/mol. The van der Waals surface area contributed by atoms with E-state index in [9.17, 15) is 9.59 Å². The average Bonchev–Trinajstić information content (AvgIpc) is 3.63. The van der Waals surface area contributed by atoms with Gasteiger partial charge in [0.05, 0.1) is 0 Å². The molecule has 1 unspecified atom stereocenters. The Morgan fingerprint density at radius 3 is 2.55 bits per heavy atom. The zero-order valence-corrected chi connectivity index (χ0v) is 21.9. The quantitative estimate of drug-likeness (QED) is 0.330. The van der Waals surface area contributed by atoms with E-state index in [4.69, 9.17) is 4.74 Å². The number of aromatic nitrogens is 5. The summed E-state index contributed by atoms with van der Waals surface area (Å²) >= 11 is 0. The van der Waals surface area contributed by atoms with Crippen molar-refractivity contribution in [1.82, 2.24) is 24.7 Å². The van der Waals surface area contributed by atoms with Crippen LogP contribution in [0.3, 0.4) is 0 Å². The van der Waals surface area contributed by atoms with Crippen LogP contribution in [0.4, 0.5) is 5.69 Å². The molecule has 1 N–H and O–H groups in total. The van der Waals surface area contributed by atoms with Crippen molar-refractivity contribution in [3.8, 4) is 22.5 Å². The van der Waals surface area contributed by atoms with Gasteiger partial charge in [0.2, 0.25) is 0 Å². The van der Waals surface area contributed by atoms with E-state index in [0.717, 1.165) is 16.8 Å². The third kappa shape index (κ3) is 5.77. The highest BCUT2D eigenvalue weighted by Crippen LogP contribution is 2.39. The molecule has 1 atom stereocenters. The Morgan fingerprint density at radius 1 is 1.03 bits per heavy atom. The molecular weight excluding hydrogens is 480 g/mol. The molecule has 1 aromatic carbocycles. The van der Waals surface area contributed by atoms with Crippen molar-refractivity contribution in [3.05, 3.63) is 78.6 Å². The summed E-state index contributed by atoms with van der Waals surface area (Å²) in [5, 5.41) is 11.1. The number of nitrogens with one attached hydrogen (secondary N) is 1. The van der Waals surface area contributed by atoms with Gasteiger partial charge in [0, 0.05) is 40.8 Å². The first kappa shape index (κ1) is 25.3. The number of carbonyl (C=O) groups is 2. The number of anilines is 1. The predicted molar refractivity (Wildman–Crippen MR) is 143 cm³/mol. The highest BCUT2D eigenvalue weighted by molar-refractivity contribution is 6.03. The molecule has 0 bridgehead atoms. The van der Waals surface area contributed by atoms with Crippen molar-refractivity contribution >= 4 is 17.6 Å². The number of amides is 1. The molecule has 1 amide bonds. The van der Waals surface area contributed by atoms with Crippen molar-refractivity contribution in [2.75, 3.05) is 5.32 Å². The van der Waals surface area contributed by atoms with Crippen LogP contribution in [0.25, 0.3) is 22.5 Å². The summed E-state index contributed by atoms with van der Waals surface area (Å²) in [5.41, 5.74) is 3.88. The molecule has 3 heterocycles. The van der Waals surface area contributed by atoms with Crippen molar-refractivity contribution in [2.45, 2.75) is 58.1 Å². The summed E-state index contributed by atoms with van der Waals surface area (Å²) in [6.45, 7) is 7.20. The van der Waals surface area contributed by atoms with Crippen LogP contribution in [0.1, 0.15) is 68.7 Å². The zero-order chi connectivity index (χ0) is 26.9. The second-order valence-corrected chi connectivity index (χ2v) is 10.5. The Labute approximate surface area is 221 Å². The maximum atomic E-state index is 13.1. The van der Waals surface area contributed by atoms with Crippen LogP contribution in [0.2, 0.25) is 0 Å². The number of hydrogen-bond acceptors (Lipinski definition) is 7. The molecule has 38 heavy (non-hydrogen) atoms. The maximum absolute atomic E-state index is 13.1. The molecule has 4 aromatic rings. The second-order valence-electron chi connectivity index (χ2n) is 10.5. The molecule has 0 spiro atoms. The molecule has 5 rings (SSSR count). The number of hydrogen-bond donors (Lipinski definition) is 1. The highest BCUT2D eigenvalue weighted by atomic mass is 16.6. The smallest absolute Gasteiger partial charge is 0.329 e. The van der Waals surface area contributed by atoms with Crippen LogP contribution < -0.4 is 5.32 Å². The van der Waals surface area contributed by atoms with Gasteiger partial charge in [-0.05, 0) is 76.4 Å². The maximum Gasteiger partial charge on any atom is 0.329 e. The number of benzene rings is 1. The number of nitrogens with zero attached hydrogens (tertiary/aromatic N) is 5. The Morgan fingerprint density at radius 2 is 1.84 bits per heavy atom. The van der Waals surface area contributed by atoms with Gasteiger partial charge in [-0.2, -0.15) is 0 Å². The first-order chi connectivity index (χ1) is 18.2. The molecular formula is C29H30N6O3. The minimum absolute atomic E-state index is 0.292. The molecule has 0 saturated heterocycles. The summed E-state index contributed by atoms with van der Waals surface area (Å²) in [4.78, 5) is 34.5. The summed E-state index contributed by atoms with van der Waals surface area (Å²) in [6.07, 6.45) is 7.37. The molecule has 0 aliphatic heterocycles. The lowest BCUT2D eigenvalue weighted by Crippen LogP contribution is -2.29. The lowest BCUT2D eigenvalue weighted by Gasteiger charge is -2.23. The third-order valence-electron chi connectivity index (χ3n) is 6.22. The topological polar surface area (TPSA) is 112 Å². The minimum atomic E-state index is -0.628. The highest BCUT2D eigenvalue weighted by Gasteiger charge is 2.26. The van der Waals surface area contributed by atoms with E-state index in [2.05, 4.69) is 31.5 Å². The van der Waals surface area contributed by atoms with Gasteiger partial charge in [0.15, 0.2) is 5.82 Å². The van der Waals surface area contributed by atoms with Gasteiger partial charge in [0.25, 0.3) is 5.91 Å². The van der Waals surface area contributed by atoms with Crippen LogP contribution in [0.15, 0.2) is 67.3 Å². The zero-order valence-electron chi connectivity index (χ0n) is 21.9. The molecule has 9 nitrogen and oxygen atoms in total. The minimum Gasteiger partial charge on any atom is -0.458 e. The van der Waals surface area contributed by atoms with Gasteiger partial charge < -0.3 is 10.1 Å². The SMILES string of the molecule is CC(C(=O)OC(C)(C)C)n1cnnc1-c1cccc(NC(=O)c2cc(-c3ccc(C4CC4)nc3)ccn2)c1. The predicted octanol–water partition coefficient (Wildman–Crippen LogP) is 5.43. The fraction of sp³-hybridized carbons (Fsp3) is 0.310. The van der Waals surface area contributed by atoms with E-state index in [1.165, 1.54) is 19.2 Å². The molecule has 9 heteroatoms. The van der Waals surface area contributed by atoms with Crippen LogP contribution in [0, 0.1) is 0 Å². The van der Waals surface area contributed by atoms with Crippen molar-refractivity contribution in [3.63, 3.8) is 0 Å². The van der Waals surface area contributed by atoms with E-state index in [1.807, 2.05) is 45.2 Å². The van der Waals surface area contributed by atoms with Gasteiger partial charge in [0.1, 0.15) is 23.7 Å². The number of carbonyl (C=O) groups excluding carboxylic acids is 2. The molecule has 3 aromatic heterocycles. The van der Waals surface area contributed by atoms with Gasteiger partial charge in [-0.25, -0.2) is 4.79 Å². The number of rotatable bonds is 7. The molecule has 0 radical (unpaired) electrons. The van der Waals surface area contributed by atoms with Crippen molar-refractivity contribution in [2.24, 2.45) is 0 Å². The second kappa shape index (κ2) is 10.2. The van der Waals surface area contributed by atoms with E-state index in [1.54, 1.807) is 42.0 Å². The fourth-order valence-corrected chi connectivity index (χ4v) is 4.10. The molecule has 194 valence electrons. The summed E-state index contributed by atoms with van der Waals surface area (Å²) in [7, 11) is 0. The normalized spacial score (nSPS) is 14.1. The van der Waals surface area contributed by atoms with Crippen LogP contribution >= 0.6 is 0 Å². The third-order valence-corrected chi connectivity index (χ3v) is 6.22. The van der Waals surface area contributed by atoms with E-state index < -0.39 is 11.6 Å². The van der Waals surface area contributed by atoms with Gasteiger partial charge >= 0.3 is 5.97 Å². The van der Waals surface area contributed by atoms with Crippen molar-refractivity contribution < 1.29 is 14.3 Å². The Bertz CT molecular complexity index is 1470. The lowest BCUT2D eigenvalue weighted by atomic mass is 10.1. The van der Waals surface area contributed by atoms with Gasteiger partial charge in [-0.15, -0.1) is 10.2 Å². The summed E-state index contributed by atoms with van der Waals surface area (Å²) < 4.78 is 7.17. The lowest BCUT2D eigenvalue weighted by molar-refractivity contribution is -0.158. The Hall–Kier alpha value is -4.40. The van der Waals surface area contributed by atoms with E-state index in [-0.39, 0.29) is 11.9 Å². The molecule has 1 fully saturated rings. The Balaban J connectivity index is 1.32. The van der Waals surface area contributed by atoms with Crippen LogP contribution in [-0.4, -0.2) is 42.2 Å². The summed E-state index contributed by atoms with van der Waals surface area (Å²) in [5.74, 6) is 0.358. The largest absolute Gasteiger partial charge is 0.458 e. The standard InChI is InChI=1S/C29H30N6O3/c1-18(28(37)38-29(2,3)4)35-17-32-34-26(35)21-6-5-7-23(14-21)33-27(36)25-15-20(12-13-30-25)22-10-11-24(31-16-22)19-8-9-19/h5-7,10-19H,8-9H2,1-4H3,(H,33,36).